The van der Waals surface area contributed by atoms with Crippen molar-refractivity contribution in [2.45, 2.75) is 0 Å². The Labute approximate surface area is 241 Å². The number of aromatic hydroxyl groups is 2. The van der Waals surface area contributed by atoms with E-state index in [-0.39, 0.29) is 39.1 Å². The van der Waals surface area contributed by atoms with E-state index in [1.165, 1.54) is 26.4 Å². The van der Waals surface area contributed by atoms with Crippen molar-refractivity contribution in [2.75, 3.05) is 30.7 Å². The van der Waals surface area contributed by atoms with E-state index in [0.717, 1.165) is 22.5 Å². The van der Waals surface area contributed by atoms with Gasteiger partial charge in [-0.25, -0.2) is 15.6 Å². The Bertz CT molecular complexity index is 1810. The van der Waals surface area contributed by atoms with Gasteiger partial charge in [-0.2, -0.15) is 5.53 Å². The van der Waals surface area contributed by atoms with E-state index in [2.05, 4.69) is 5.11 Å². The summed E-state index contributed by atoms with van der Waals surface area (Å²) in [6.45, 7) is 0. The predicted octanol–water partition coefficient (Wildman–Crippen LogP) is 6.27. The van der Waals surface area contributed by atoms with E-state index < -0.39 is 6.03 Å². The van der Waals surface area contributed by atoms with Crippen molar-refractivity contribution in [3.63, 3.8) is 0 Å². The van der Waals surface area contributed by atoms with E-state index in [1.807, 2.05) is 54.6 Å². The number of hydrazine groups is 1. The molecule has 0 aliphatic heterocycles. The van der Waals surface area contributed by atoms with Gasteiger partial charge in [0.1, 0.15) is 23.0 Å². The van der Waals surface area contributed by atoms with Crippen molar-refractivity contribution in [3.05, 3.63) is 90.0 Å². The summed E-state index contributed by atoms with van der Waals surface area (Å²) in [4.78, 5) is 11.7. The minimum Gasteiger partial charge on any atom is -0.507 e. The van der Waals surface area contributed by atoms with Crippen LogP contribution in [0.25, 0.3) is 33.7 Å². The lowest BCUT2D eigenvalue weighted by Crippen LogP contribution is -2.35. The van der Waals surface area contributed by atoms with E-state index in [9.17, 15) is 15.0 Å². The lowest BCUT2D eigenvalue weighted by atomic mass is 9.98. The molecule has 11 heteroatoms. The summed E-state index contributed by atoms with van der Waals surface area (Å²) in [7, 11) is 2.85. The number of hydrogen-bond acceptors (Lipinski definition) is 9. The molecular formula is C31H30N6O5. The van der Waals surface area contributed by atoms with Gasteiger partial charge >= 0.3 is 6.03 Å². The highest BCUT2D eigenvalue weighted by molar-refractivity contribution is 6.19. The summed E-state index contributed by atoms with van der Waals surface area (Å²) in [5.74, 6) is 5.92. The minimum absolute atomic E-state index is 0.0549. The molecule has 0 atom stereocenters. The maximum Gasteiger partial charge on any atom is 0.380 e. The fourth-order valence-corrected chi connectivity index (χ4v) is 4.47. The number of benzene rings is 5. The average molecular weight is 567 g/mol. The number of ether oxygens (including phenoxy) is 2. The Morgan fingerprint density at radius 3 is 2.19 bits per heavy atom. The minimum atomic E-state index is -1.04. The normalized spacial score (nSPS) is 10.7. The Morgan fingerprint density at radius 1 is 0.833 bits per heavy atom. The second-order valence-corrected chi connectivity index (χ2v) is 9.01. The van der Waals surface area contributed by atoms with Crippen LogP contribution in [0.15, 0.2) is 84.0 Å². The van der Waals surface area contributed by atoms with Crippen LogP contribution >= 0.6 is 0 Å². The third-order valence-corrected chi connectivity index (χ3v) is 6.50. The van der Waals surface area contributed by atoms with E-state index >= 15 is 0 Å². The summed E-state index contributed by atoms with van der Waals surface area (Å²) in [5.41, 5.74) is 22.0. The van der Waals surface area contributed by atoms with Gasteiger partial charge < -0.3 is 31.2 Å². The number of amides is 2. The molecule has 0 aliphatic carbocycles. The van der Waals surface area contributed by atoms with Crippen LogP contribution in [0.5, 0.6) is 23.0 Å². The zero-order valence-corrected chi connectivity index (χ0v) is 22.9. The molecule has 0 unspecified atom stereocenters. The molecule has 0 saturated heterocycles. The van der Waals surface area contributed by atoms with E-state index in [1.54, 1.807) is 24.3 Å². The molecule has 0 aromatic heterocycles. The van der Waals surface area contributed by atoms with Crippen LogP contribution in [0.4, 0.5) is 21.9 Å². The maximum absolute atomic E-state index is 11.7. The largest absolute Gasteiger partial charge is 0.507 e. The first-order chi connectivity index (χ1) is 20.2. The molecule has 5 aromatic carbocycles. The van der Waals surface area contributed by atoms with Crippen LogP contribution in [0.2, 0.25) is 0 Å². The standard InChI is InChI=1S/C17H16N4O5.C14H14N2/c1-25-10-5-3-4-8-12(10)16(23)14-11(26-2)7-6-9(13(14)15(8)22)21(19)17(24)20-18;15-13-8-9-14(16)12(10-13)7-6-11-4-2-1-3-5-11/h3-7,18,22-23H,19H2,1-2H3;1-10H,15-16H2. The monoisotopic (exact) mass is 566 g/mol. The van der Waals surface area contributed by atoms with Crippen LogP contribution in [0, 0.1) is 5.53 Å². The fourth-order valence-electron chi connectivity index (χ4n) is 4.47. The van der Waals surface area contributed by atoms with Crippen LogP contribution in [-0.4, -0.2) is 30.5 Å². The average Bonchev–Trinajstić information content (AvgIpc) is 3.02. The lowest BCUT2D eigenvalue weighted by molar-refractivity contribution is 0.252. The number of nitrogens with zero attached hydrogens (tertiary/aromatic N) is 2. The molecule has 11 nitrogen and oxygen atoms in total. The predicted molar refractivity (Wildman–Crippen MR) is 166 cm³/mol. The van der Waals surface area contributed by atoms with Gasteiger partial charge in [0, 0.05) is 16.8 Å². The quantitative estimate of drug-likeness (QED) is 0.0209. The highest BCUT2D eigenvalue weighted by atomic mass is 16.5. The number of nitrogens with one attached hydrogen (secondary N) is 1. The van der Waals surface area contributed by atoms with E-state index in [0.29, 0.717) is 16.1 Å². The van der Waals surface area contributed by atoms with Crippen LogP contribution < -0.4 is 31.8 Å². The number of urea groups is 1. The molecule has 0 spiro atoms. The van der Waals surface area contributed by atoms with Crippen LogP contribution in [0.1, 0.15) is 11.1 Å². The van der Waals surface area contributed by atoms with Gasteiger partial charge in [-0.05, 0) is 47.5 Å². The molecule has 5 aromatic rings. The molecule has 0 aliphatic rings. The first-order valence-electron chi connectivity index (χ1n) is 12.6. The molecular weight excluding hydrogens is 536 g/mol. The number of carbonyl (C=O) groups excluding carboxylic acids is 1. The Hall–Kier alpha value is -5.81. The lowest BCUT2D eigenvalue weighted by Gasteiger charge is -2.20. The fraction of sp³-hybridized carbons (Fsp3) is 0.0645. The summed E-state index contributed by atoms with van der Waals surface area (Å²) in [6.07, 6.45) is 3.99. The highest BCUT2D eigenvalue weighted by Crippen LogP contribution is 2.51. The number of nitrogen functional groups attached to an aromatic ring is 2. The molecule has 0 fully saturated rings. The van der Waals surface area contributed by atoms with Crippen molar-refractivity contribution in [1.82, 2.24) is 0 Å². The molecule has 5 rings (SSSR count). The van der Waals surface area contributed by atoms with Gasteiger partial charge in [0.15, 0.2) is 0 Å². The van der Waals surface area contributed by atoms with Gasteiger partial charge in [-0.15, -0.1) is 0 Å². The smallest absolute Gasteiger partial charge is 0.380 e. The summed E-state index contributed by atoms with van der Waals surface area (Å²) < 4.78 is 10.6. The van der Waals surface area contributed by atoms with Gasteiger partial charge in [0.2, 0.25) is 0 Å². The Balaban J connectivity index is 0.000000216. The topological polar surface area (TPSA) is 194 Å². The zero-order chi connectivity index (χ0) is 30.4. The van der Waals surface area contributed by atoms with Crippen molar-refractivity contribution < 1.29 is 24.5 Å². The number of rotatable bonds is 5. The number of fused-ring (bicyclic) bond motifs is 2. The molecule has 0 bridgehead atoms. The Morgan fingerprint density at radius 2 is 1.52 bits per heavy atom. The van der Waals surface area contributed by atoms with Crippen molar-refractivity contribution in [3.8, 4) is 23.0 Å². The molecule has 0 radical (unpaired) electrons. The number of phenols is 2. The molecule has 42 heavy (non-hydrogen) atoms. The SMILES string of the molecule is COc1cccc2c(O)c3c(N(N)C(=O)N=N)ccc(OC)c3c(O)c12.Nc1ccc(N)c(C=Cc2ccccc2)c1. The van der Waals surface area contributed by atoms with Crippen molar-refractivity contribution in [1.29, 1.82) is 5.53 Å². The molecule has 214 valence electrons. The maximum atomic E-state index is 11.7. The first-order valence-corrected chi connectivity index (χ1v) is 12.6. The summed E-state index contributed by atoms with van der Waals surface area (Å²) in [5, 5.41) is 26.0. The third-order valence-electron chi connectivity index (χ3n) is 6.50. The summed E-state index contributed by atoms with van der Waals surface area (Å²) in [6, 6.07) is 22.3. The van der Waals surface area contributed by atoms with Gasteiger partial charge in [-0.3, -0.25) is 0 Å². The van der Waals surface area contributed by atoms with Gasteiger partial charge in [0.05, 0.1) is 36.1 Å². The number of carbonyl (C=O) groups is 1. The van der Waals surface area contributed by atoms with Crippen LogP contribution in [-0.2, 0) is 0 Å². The number of anilines is 3. The second-order valence-electron chi connectivity index (χ2n) is 9.01. The number of hydrogen-bond donors (Lipinski definition) is 6. The van der Waals surface area contributed by atoms with Crippen molar-refractivity contribution >= 4 is 56.8 Å². The number of nitrogens with two attached hydrogens (primary N) is 3. The van der Waals surface area contributed by atoms with Gasteiger partial charge in [0.25, 0.3) is 0 Å². The molecule has 0 saturated carbocycles. The zero-order valence-electron chi connectivity index (χ0n) is 22.9. The summed E-state index contributed by atoms with van der Waals surface area (Å²) >= 11 is 0. The number of methoxy groups -OCH3 is 2. The van der Waals surface area contributed by atoms with Crippen LogP contribution in [0.3, 0.4) is 0 Å². The first kappa shape index (κ1) is 29.2. The van der Waals surface area contributed by atoms with Gasteiger partial charge in [-0.1, -0.05) is 59.7 Å². The second kappa shape index (κ2) is 12.6. The highest BCUT2D eigenvalue weighted by Gasteiger charge is 2.24. The number of phenolic OH excluding ortho intramolecular Hbond substituents is 2. The van der Waals surface area contributed by atoms with Crippen molar-refractivity contribution in [2.24, 2.45) is 11.0 Å². The molecule has 2 amide bonds. The van der Waals surface area contributed by atoms with E-state index in [4.69, 9.17) is 32.3 Å². The third kappa shape index (κ3) is 5.71. The molecule has 0 heterocycles. The Kier molecular flexibility index (Phi) is 8.74. The molecule has 9 N–H and O–H groups in total.